The van der Waals surface area contributed by atoms with Gasteiger partial charge < -0.3 is 4.43 Å². The molecule has 0 radical (unpaired) electrons. The topological polar surface area (TPSA) is 9.23 Å². The first-order chi connectivity index (χ1) is 8.33. The number of allylic oxidation sites excluding steroid dienone is 1. The van der Waals surface area contributed by atoms with Crippen LogP contribution >= 0.6 is 0 Å². The molecule has 0 saturated heterocycles. The van der Waals surface area contributed by atoms with Gasteiger partial charge in [-0.1, -0.05) is 58.6 Å². The zero-order valence-corrected chi connectivity index (χ0v) is 14.1. The Balaban J connectivity index is 2.61. The first-order valence-electron chi connectivity index (χ1n) is 7.67. The van der Waals surface area contributed by atoms with Crippen LogP contribution in [0, 0.1) is 0 Å². The van der Waals surface area contributed by atoms with Gasteiger partial charge in [0.15, 0.2) is 8.32 Å². The molecule has 1 unspecified atom stereocenters. The van der Waals surface area contributed by atoms with Crippen molar-refractivity contribution in [2.45, 2.75) is 90.0 Å². The van der Waals surface area contributed by atoms with Crippen LogP contribution in [0.1, 0.15) is 65.7 Å². The van der Waals surface area contributed by atoms with Crippen LogP contribution in [-0.4, -0.2) is 14.4 Å². The molecule has 1 nitrogen and oxygen atoms in total. The average Bonchev–Trinajstić information content (AvgIpc) is 2.25. The fraction of sp³-hybridized carbons (Fsp3) is 0.875. The molecule has 0 aromatic carbocycles. The number of hydrogen-bond acceptors (Lipinski definition) is 1. The van der Waals surface area contributed by atoms with Crippen LogP contribution in [0.3, 0.4) is 0 Å². The van der Waals surface area contributed by atoms with Gasteiger partial charge in [-0.15, -0.1) is 0 Å². The van der Waals surface area contributed by atoms with Crippen molar-refractivity contribution in [3.05, 3.63) is 12.2 Å². The molecular formula is C16H32OSi. The molecule has 1 aliphatic rings. The van der Waals surface area contributed by atoms with E-state index in [-0.39, 0.29) is 0 Å². The van der Waals surface area contributed by atoms with Crippen molar-refractivity contribution in [3.63, 3.8) is 0 Å². The Morgan fingerprint density at radius 3 is 2.28 bits per heavy atom. The molecule has 106 valence electrons. The zero-order chi connectivity index (χ0) is 13.6. The van der Waals surface area contributed by atoms with Crippen molar-refractivity contribution in [1.82, 2.24) is 0 Å². The minimum absolute atomic E-state index is 0.316. The lowest BCUT2D eigenvalue weighted by atomic mass is 10.0. The SMILES string of the molecule is CC(C)(C)[Si](C)(C)OC1C=CCCCCCCC1. The Morgan fingerprint density at radius 2 is 1.61 bits per heavy atom. The van der Waals surface area contributed by atoms with E-state index in [1.165, 1.54) is 44.9 Å². The standard InChI is InChI=1S/C16H32OSi/c1-16(2,3)18(4,5)17-15-13-11-9-7-6-8-10-12-14-15/h11,13,15H,6-10,12,14H2,1-5H3. The van der Waals surface area contributed by atoms with E-state index < -0.39 is 8.32 Å². The van der Waals surface area contributed by atoms with Gasteiger partial charge >= 0.3 is 0 Å². The zero-order valence-electron chi connectivity index (χ0n) is 13.1. The molecule has 0 aromatic rings. The van der Waals surface area contributed by atoms with Crippen LogP contribution < -0.4 is 0 Å². The van der Waals surface area contributed by atoms with Gasteiger partial charge in [-0.25, -0.2) is 0 Å². The van der Waals surface area contributed by atoms with Crippen LogP contribution in [0.2, 0.25) is 18.1 Å². The molecule has 0 spiro atoms. The predicted octanol–water partition coefficient (Wildman–Crippen LogP) is 5.68. The van der Waals surface area contributed by atoms with E-state index in [1.54, 1.807) is 0 Å². The van der Waals surface area contributed by atoms with Crippen molar-refractivity contribution in [3.8, 4) is 0 Å². The van der Waals surface area contributed by atoms with Gasteiger partial charge in [0.05, 0.1) is 6.10 Å². The monoisotopic (exact) mass is 268 g/mol. The van der Waals surface area contributed by atoms with E-state index in [0.29, 0.717) is 11.1 Å². The van der Waals surface area contributed by atoms with Crippen LogP contribution in [0.15, 0.2) is 12.2 Å². The fourth-order valence-electron chi connectivity index (χ4n) is 2.14. The van der Waals surface area contributed by atoms with Gasteiger partial charge in [-0.3, -0.25) is 0 Å². The van der Waals surface area contributed by atoms with Gasteiger partial charge in [0, 0.05) is 0 Å². The molecule has 0 saturated carbocycles. The molecule has 1 aliphatic carbocycles. The molecule has 0 N–H and O–H groups in total. The Hall–Kier alpha value is -0.0831. The van der Waals surface area contributed by atoms with Gasteiger partial charge in [0.25, 0.3) is 0 Å². The highest BCUT2D eigenvalue weighted by atomic mass is 28.4. The molecule has 0 bridgehead atoms. The van der Waals surface area contributed by atoms with E-state index >= 15 is 0 Å². The minimum Gasteiger partial charge on any atom is -0.411 e. The van der Waals surface area contributed by atoms with Crippen LogP contribution in [0.5, 0.6) is 0 Å². The van der Waals surface area contributed by atoms with Crippen molar-refractivity contribution in [2.24, 2.45) is 0 Å². The summed E-state index contributed by atoms with van der Waals surface area (Å²) in [5, 5.41) is 0.316. The van der Waals surface area contributed by atoms with Crippen LogP contribution in [-0.2, 0) is 4.43 Å². The molecule has 2 heteroatoms. The lowest BCUT2D eigenvalue weighted by Crippen LogP contribution is -2.43. The summed E-state index contributed by atoms with van der Waals surface area (Å²) in [5.74, 6) is 0. The van der Waals surface area contributed by atoms with E-state index in [9.17, 15) is 0 Å². The van der Waals surface area contributed by atoms with Crippen molar-refractivity contribution >= 4 is 8.32 Å². The maximum Gasteiger partial charge on any atom is 0.192 e. The molecule has 18 heavy (non-hydrogen) atoms. The van der Waals surface area contributed by atoms with Crippen LogP contribution in [0.4, 0.5) is 0 Å². The first-order valence-corrected chi connectivity index (χ1v) is 10.6. The second kappa shape index (κ2) is 6.90. The summed E-state index contributed by atoms with van der Waals surface area (Å²) < 4.78 is 6.53. The van der Waals surface area contributed by atoms with Crippen molar-refractivity contribution < 1.29 is 4.43 Å². The summed E-state index contributed by atoms with van der Waals surface area (Å²) in [7, 11) is -1.61. The lowest BCUT2D eigenvalue weighted by molar-refractivity contribution is 0.210. The van der Waals surface area contributed by atoms with E-state index in [1.807, 2.05) is 0 Å². The molecule has 0 fully saturated rings. The maximum atomic E-state index is 6.53. The molecule has 0 amide bonds. The fourth-order valence-corrected chi connectivity index (χ4v) is 3.44. The molecule has 1 atom stereocenters. The Bertz CT molecular complexity index is 263. The Kier molecular flexibility index (Phi) is 6.13. The smallest absolute Gasteiger partial charge is 0.192 e. The van der Waals surface area contributed by atoms with Gasteiger partial charge in [-0.05, 0) is 37.4 Å². The highest BCUT2D eigenvalue weighted by Gasteiger charge is 2.38. The third-order valence-electron chi connectivity index (χ3n) is 4.46. The van der Waals surface area contributed by atoms with Crippen LogP contribution in [0.25, 0.3) is 0 Å². The van der Waals surface area contributed by atoms with Gasteiger partial charge in [0.1, 0.15) is 0 Å². The summed E-state index contributed by atoms with van der Waals surface area (Å²) in [5.41, 5.74) is 0. The summed E-state index contributed by atoms with van der Waals surface area (Å²) >= 11 is 0. The molecule has 1 rings (SSSR count). The molecule has 0 aliphatic heterocycles. The first kappa shape index (κ1) is 16.0. The Morgan fingerprint density at radius 1 is 1.00 bits per heavy atom. The minimum atomic E-state index is -1.61. The number of hydrogen-bond donors (Lipinski definition) is 0. The third kappa shape index (κ3) is 5.27. The Labute approximate surface area is 115 Å². The van der Waals surface area contributed by atoms with Crippen molar-refractivity contribution in [1.29, 1.82) is 0 Å². The molecular weight excluding hydrogens is 236 g/mol. The molecule has 0 aromatic heterocycles. The highest BCUT2D eigenvalue weighted by molar-refractivity contribution is 6.74. The van der Waals surface area contributed by atoms with E-state index in [4.69, 9.17) is 4.43 Å². The number of rotatable bonds is 2. The molecule has 0 heterocycles. The average molecular weight is 269 g/mol. The quantitative estimate of drug-likeness (QED) is 0.462. The largest absolute Gasteiger partial charge is 0.411 e. The van der Waals surface area contributed by atoms with Crippen molar-refractivity contribution in [2.75, 3.05) is 0 Å². The highest BCUT2D eigenvalue weighted by Crippen LogP contribution is 2.38. The maximum absolute atomic E-state index is 6.53. The van der Waals surface area contributed by atoms with Gasteiger partial charge in [0.2, 0.25) is 0 Å². The van der Waals surface area contributed by atoms with E-state index in [2.05, 4.69) is 46.0 Å². The normalized spacial score (nSPS) is 23.9. The summed E-state index contributed by atoms with van der Waals surface area (Å²) in [6.45, 7) is 11.7. The summed E-state index contributed by atoms with van der Waals surface area (Å²) in [4.78, 5) is 0. The predicted molar refractivity (Wildman–Crippen MR) is 83.5 cm³/mol. The third-order valence-corrected chi connectivity index (χ3v) is 8.97. The van der Waals surface area contributed by atoms with Gasteiger partial charge in [-0.2, -0.15) is 0 Å². The summed E-state index contributed by atoms with van der Waals surface area (Å²) in [6, 6.07) is 0. The second-order valence-electron chi connectivity index (χ2n) is 7.19. The summed E-state index contributed by atoms with van der Waals surface area (Å²) in [6.07, 6.45) is 14.4. The lowest BCUT2D eigenvalue weighted by Gasteiger charge is -2.38. The second-order valence-corrected chi connectivity index (χ2v) is 11.9. The van der Waals surface area contributed by atoms with E-state index in [0.717, 1.165) is 0 Å².